The van der Waals surface area contributed by atoms with Crippen molar-refractivity contribution in [2.75, 3.05) is 13.2 Å². The molecule has 0 fully saturated rings. The van der Waals surface area contributed by atoms with E-state index in [1.54, 1.807) is 68.4 Å². The first-order valence-electron chi connectivity index (χ1n) is 12.9. The molecule has 12 heteroatoms. The third kappa shape index (κ3) is 8.05. The van der Waals surface area contributed by atoms with Gasteiger partial charge in [0.05, 0.1) is 24.4 Å². The van der Waals surface area contributed by atoms with Crippen LogP contribution in [0.1, 0.15) is 36.6 Å². The molecule has 0 bridgehead atoms. The highest BCUT2D eigenvalue weighted by Gasteiger charge is 2.32. The normalized spacial score (nSPS) is 14.7. The molecule has 3 N–H and O–H groups in total. The average molecular weight is 611 g/mol. The van der Waals surface area contributed by atoms with E-state index in [4.69, 9.17) is 38.0 Å². The second kappa shape index (κ2) is 14.4. The molecule has 3 aromatic rings. The number of esters is 1. The number of thiocarbonyl (C=S) groups is 1. The Labute approximate surface area is 252 Å². The molecule has 0 saturated carbocycles. The maximum Gasteiger partial charge on any atom is 0.338 e. The Hall–Kier alpha value is -4.48. The molecule has 4 rings (SSSR count). The number of nitrogens with zero attached hydrogens (tertiary/aromatic N) is 1. The summed E-state index contributed by atoms with van der Waals surface area (Å²) >= 11 is 11.4. The van der Waals surface area contributed by atoms with E-state index >= 15 is 0 Å². The van der Waals surface area contributed by atoms with E-state index in [1.165, 1.54) is 18.3 Å². The van der Waals surface area contributed by atoms with Gasteiger partial charge in [-0.25, -0.2) is 14.6 Å². The lowest BCUT2D eigenvalue weighted by molar-refractivity contribution is -0.139. The molecule has 0 saturated heterocycles. The van der Waals surface area contributed by atoms with E-state index in [9.17, 15) is 14.0 Å². The first-order valence-corrected chi connectivity index (χ1v) is 13.7. The van der Waals surface area contributed by atoms with Gasteiger partial charge in [0.15, 0.2) is 11.7 Å². The third-order valence-corrected chi connectivity index (χ3v) is 6.48. The lowest BCUT2D eigenvalue weighted by atomic mass is 9.95. The molecule has 1 aliphatic heterocycles. The van der Waals surface area contributed by atoms with Crippen LogP contribution in [-0.4, -0.2) is 36.4 Å². The van der Waals surface area contributed by atoms with E-state index in [-0.39, 0.29) is 25.6 Å². The van der Waals surface area contributed by atoms with Crippen molar-refractivity contribution in [3.05, 3.63) is 106 Å². The summed E-state index contributed by atoms with van der Waals surface area (Å²) in [6.45, 7) is 3.52. The molecule has 1 atom stereocenters. The standard InChI is InChI=1S/C30H28ClFN4O5S/c1-3-39-29(38)27-18(2)34-30(42)35-28(27)23-6-4-5-7-25(23)41-17-26(37)36-33-15-20-14-21(31)10-13-24(20)40-16-19-8-11-22(32)12-9-19/h4-15,28H,3,16-17H2,1-2H3,(H,36,37)(H2,34,35,42)/t28-/m0/s1. The van der Waals surface area contributed by atoms with Gasteiger partial charge < -0.3 is 24.8 Å². The molecule has 0 spiro atoms. The molecule has 42 heavy (non-hydrogen) atoms. The van der Waals surface area contributed by atoms with Crippen LogP contribution in [0, 0.1) is 5.82 Å². The molecule has 218 valence electrons. The van der Waals surface area contributed by atoms with Crippen LogP contribution in [0.15, 0.2) is 83.1 Å². The molecule has 3 aromatic carbocycles. The van der Waals surface area contributed by atoms with Gasteiger partial charge in [-0.3, -0.25) is 4.79 Å². The fourth-order valence-corrected chi connectivity index (χ4v) is 4.55. The zero-order chi connectivity index (χ0) is 30.1. The van der Waals surface area contributed by atoms with Crippen molar-refractivity contribution in [3.63, 3.8) is 0 Å². The summed E-state index contributed by atoms with van der Waals surface area (Å²) < 4.78 is 30.1. The van der Waals surface area contributed by atoms with Gasteiger partial charge in [-0.2, -0.15) is 5.10 Å². The minimum Gasteiger partial charge on any atom is -0.488 e. The fraction of sp³-hybridized carbons (Fsp3) is 0.200. The van der Waals surface area contributed by atoms with Gasteiger partial charge in [0.25, 0.3) is 5.91 Å². The van der Waals surface area contributed by atoms with E-state index in [2.05, 4.69) is 21.2 Å². The second-order valence-corrected chi connectivity index (χ2v) is 9.85. The Morgan fingerprint density at radius 1 is 1.10 bits per heavy atom. The zero-order valence-corrected chi connectivity index (χ0v) is 24.4. The summed E-state index contributed by atoms with van der Waals surface area (Å²) in [5.41, 5.74) is 5.24. The number of nitrogens with one attached hydrogen (secondary N) is 3. The summed E-state index contributed by atoms with van der Waals surface area (Å²) in [4.78, 5) is 25.3. The molecule has 9 nitrogen and oxygen atoms in total. The number of carbonyl (C=O) groups excluding carboxylic acids is 2. The predicted molar refractivity (Wildman–Crippen MR) is 161 cm³/mol. The predicted octanol–water partition coefficient (Wildman–Crippen LogP) is 4.94. The summed E-state index contributed by atoms with van der Waals surface area (Å²) in [6.07, 6.45) is 1.40. The minimum absolute atomic E-state index is 0.200. The number of benzene rings is 3. The highest BCUT2D eigenvalue weighted by atomic mass is 35.5. The van der Waals surface area contributed by atoms with Crippen LogP contribution in [0.4, 0.5) is 4.39 Å². The molecular formula is C30H28ClFN4O5S. The van der Waals surface area contributed by atoms with Crippen LogP contribution in [0.3, 0.4) is 0 Å². The van der Waals surface area contributed by atoms with Crippen LogP contribution < -0.4 is 25.5 Å². The van der Waals surface area contributed by atoms with Gasteiger partial charge in [-0.15, -0.1) is 0 Å². The number of rotatable bonds is 11. The maximum atomic E-state index is 13.2. The lowest BCUT2D eigenvalue weighted by Crippen LogP contribution is -2.45. The molecule has 0 aromatic heterocycles. The van der Waals surface area contributed by atoms with Crippen molar-refractivity contribution >= 4 is 47.0 Å². The minimum atomic E-state index is -0.647. The highest BCUT2D eigenvalue weighted by Crippen LogP contribution is 2.33. The molecule has 1 aliphatic rings. The summed E-state index contributed by atoms with van der Waals surface area (Å²) in [5.74, 6) is -0.504. The molecule has 0 radical (unpaired) electrons. The van der Waals surface area contributed by atoms with E-state index in [0.717, 1.165) is 5.56 Å². The number of carbonyl (C=O) groups is 2. The Balaban J connectivity index is 1.41. The quantitative estimate of drug-likeness (QED) is 0.121. The number of hydrogen-bond donors (Lipinski definition) is 3. The number of halogens is 2. The van der Waals surface area contributed by atoms with Crippen LogP contribution >= 0.6 is 23.8 Å². The highest BCUT2D eigenvalue weighted by molar-refractivity contribution is 7.80. The van der Waals surface area contributed by atoms with Gasteiger partial charge >= 0.3 is 5.97 Å². The number of amides is 1. The van der Waals surface area contributed by atoms with Crippen molar-refractivity contribution in [2.45, 2.75) is 26.5 Å². The smallest absolute Gasteiger partial charge is 0.338 e. The van der Waals surface area contributed by atoms with Crippen LogP contribution in [0.25, 0.3) is 0 Å². The van der Waals surface area contributed by atoms with E-state index < -0.39 is 17.9 Å². The summed E-state index contributed by atoms with van der Waals surface area (Å²) in [7, 11) is 0. The van der Waals surface area contributed by atoms with Crippen molar-refractivity contribution in [1.82, 2.24) is 16.1 Å². The number of ether oxygens (including phenoxy) is 3. The van der Waals surface area contributed by atoms with Gasteiger partial charge in [0, 0.05) is 21.8 Å². The molecule has 1 heterocycles. The largest absolute Gasteiger partial charge is 0.488 e. The Bertz CT molecular complexity index is 1530. The summed E-state index contributed by atoms with van der Waals surface area (Å²) in [6, 6.07) is 17.3. The van der Waals surface area contributed by atoms with Gasteiger partial charge in [0.1, 0.15) is 23.9 Å². The van der Waals surface area contributed by atoms with Crippen molar-refractivity contribution in [2.24, 2.45) is 5.10 Å². The van der Waals surface area contributed by atoms with Crippen molar-refractivity contribution in [1.29, 1.82) is 0 Å². The first kappa shape index (κ1) is 30.5. The average Bonchev–Trinajstić information content (AvgIpc) is 2.96. The van der Waals surface area contributed by atoms with Crippen LogP contribution in [0.5, 0.6) is 11.5 Å². The molecule has 0 unspecified atom stereocenters. The fourth-order valence-electron chi connectivity index (χ4n) is 4.10. The van der Waals surface area contributed by atoms with Gasteiger partial charge in [0.2, 0.25) is 0 Å². The molecule has 0 aliphatic carbocycles. The van der Waals surface area contributed by atoms with Gasteiger partial charge in [-0.1, -0.05) is 41.9 Å². The Morgan fingerprint density at radius 3 is 2.62 bits per heavy atom. The van der Waals surface area contributed by atoms with Crippen molar-refractivity contribution in [3.8, 4) is 11.5 Å². The van der Waals surface area contributed by atoms with Crippen LogP contribution in [0.2, 0.25) is 5.02 Å². The maximum absolute atomic E-state index is 13.2. The lowest BCUT2D eigenvalue weighted by Gasteiger charge is -2.30. The zero-order valence-electron chi connectivity index (χ0n) is 22.8. The van der Waals surface area contributed by atoms with E-state index in [1.807, 2.05) is 0 Å². The van der Waals surface area contributed by atoms with E-state index in [0.29, 0.717) is 44.0 Å². The topological polar surface area (TPSA) is 110 Å². The summed E-state index contributed by atoms with van der Waals surface area (Å²) in [5, 5.41) is 10.8. The first-order chi connectivity index (χ1) is 20.2. The monoisotopic (exact) mass is 610 g/mol. The molecular weight excluding hydrogens is 583 g/mol. The van der Waals surface area contributed by atoms with Crippen LogP contribution in [-0.2, 0) is 20.9 Å². The van der Waals surface area contributed by atoms with Crippen molar-refractivity contribution < 1.29 is 28.2 Å². The third-order valence-electron chi connectivity index (χ3n) is 6.03. The Kier molecular flexibility index (Phi) is 10.5. The number of hydrazone groups is 1. The molecule has 1 amide bonds. The SMILES string of the molecule is CCOC(=O)C1=C(C)NC(=S)N[C@H]1c1ccccc1OCC(=O)NN=Cc1cc(Cl)ccc1OCc1ccc(F)cc1. The second-order valence-electron chi connectivity index (χ2n) is 9.01. The number of allylic oxidation sites excluding steroid dienone is 1. The van der Waals surface area contributed by atoms with Gasteiger partial charge in [-0.05, 0) is 68.0 Å². The Morgan fingerprint density at radius 2 is 1.86 bits per heavy atom. The number of para-hydroxylation sites is 1. The number of hydrogen-bond acceptors (Lipinski definition) is 7.